The molecule has 0 saturated carbocycles. The van der Waals surface area contributed by atoms with E-state index in [-0.39, 0.29) is 6.10 Å². The van der Waals surface area contributed by atoms with Crippen molar-refractivity contribution < 1.29 is 14.6 Å². The Balaban J connectivity index is 1.23. The molecule has 2 aromatic rings. The summed E-state index contributed by atoms with van der Waals surface area (Å²) in [5.41, 5.74) is 1.25. The van der Waals surface area contributed by atoms with Gasteiger partial charge < -0.3 is 14.6 Å². The molecular formula is C19H26N4O3. The molecule has 1 atom stereocenters. The van der Waals surface area contributed by atoms with Gasteiger partial charge in [0.15, 0.2) is 11.5 Å². The summed E-state index contributed by atoms with van der Waals surface area (Å²) in [6.07, 6.45) is 3.23. The van der Waals surface area contributed by atoms with Crippen LogP contribution in [0.2, 0.25) is 0 Å². The minimum atomic E-state index is -0.390. The standard InChI is InChI=1S/C19H26N4O3/c24-17(15-23-5-1-4-20-23)14-22-8-6-21(7-9-22)13-16-2-3-18-19(12-16)26-11-10-25-18/h1-5,12,17,24H,6-11,13-15H2. The second kappa shape index (κ2) is 8.07. The minimum absolute atomic E-state index is 0.390. The van der Waals surface area contributed by atoms with Crippen molar-refractivity contribution in [3.63, 3.8) is 0 Å². The number of hydrogen-bond acceptors (Lipinski definition) is 6. The van der Waals surface area contributed by atoms with Gasteiger partial charge in [0.05, 0.1) is 12.6 Å². The Hall–Kier alpha value is -2.09. The van der Waals surface area contributed by atoms with Gasteiger partial charge in [0.25, 0.3) is 0 Å². The Labute approximate surface area is 153 Å². The molecule has 1 fully saturated rings. The largest absolute Gasteiger partial charge is 0.486 e. The van der Waals surface area contributed by atoms with Gasteiger partial charge in [0.1, 0.15) is 13.2 Å². The Morgan fingerprint density at radius 1 is 1.00 bits per heavy atom. The molecule has 2 aliphatic heterocycles. The summed E-state index contributed by atoms with van der Waals surface area (Å²) in [6, 6.07) is 8.09. The van der Waals surface area contributed by atoms with E-state index in [2.05, 4.69) is 27.0 Å². The van der Waals surface area contributed by atoms with Crippen molar-refractivity contribution in [3.05, 3.63) is 42.2 Å². The number of aliphatic hydroxyl groups is 1. The van der Waals surface area contributed by atoms with Gasteiger partial charge in [0.2, 0.25) is 0 Å². The second-order valence-electron chi connectivity index (χ2n) is 6.94. The van der Waals surface area contributed by atoms with Gasteiger partial charge in [0, 0.05) is 51.7 Å². The number of aliphatic hydroxyl groups excluding tert-OH is 1. The topological polar surface area (TPSA) is 63.0 Å². The number of nitrogens with zero attached hydrogens (tertiary/aromatic N) is 4. The van der Waals surface area contributed by atoms with Crippen LogP contribution in [0.25, 0.3) is 0 Å². The van der Waals surface area contributed by atoms with Crippen molar-refractivity contribution in [1.29, 1.82) is 0 Å². The minimum Gasteiger partial charge on any atom is -0.486 e. The van der Waals surface area contributed by atoms with Gasteiger partial charge in [-0.25, -0.2) is 0 Å². The van der Waals surface area contributed by atoms with E-state index in [0.29, 0.717) is 26.3 Å². The van der Waals surface area contributed by atoms with E-state index in [1.807, 2.05) is 18.3 Å². The predicted octanol–water partition coefficient (Wildman–Crippen LogP) is 0.833. The Morgan fingerprint density at radius 3 is 2.54 bits per heavy atom. The van der Waals surface area contributed by atoms with Crippen molar-refractivity contribution in [3.8, 4) is 11.5 Å². The molecule has 0 radical (unpaired) electrons. The normalized spacial score (nSPS) is 19.4. The van der Waals surface area contributed by atoms with Crippen LogP contribution in [0.15, 0.2) is 36.7 Å². The summed E-state index contributed by atoms with van der Waals surface area (Å²) in [6.45, 7) is 7.35. The molecule has 2 aliphatic rings. The fraction of sp³-hybridized carbons (Fsp3) is 0.526. The lowest BCUT2D eigenvalue weighted by atomic mass is 10.1. The molecule has 1 aromatic carbocycles. The van der Waals surface area contributed by atoms with Crippen molar-refractivity contribution in [2.45, 2.75) is 19.2 Å². The molecule has 1 aromatic heterocycles. The Bertz CT molecular complexity index is 699. The molecule has 0 bridgehead atoms. The number of aromatic nitrogens is 2. The lowest BCUT2D eigenvalue weighted by molar-refractivity contribution is 0.0605. The first kappa shape index (κ1) is 17.3. The van der Waals surface area contributed by atoms with Gasteiger partial charge in [-0.3, -0.25) is 14.5 Å². The first-order chi connectivity index (χ1) is 12.8. The summed E-state index contributed by atoms with van der Waals surface area (Å²) in [5, 5.41) is 14.4. The van der Waals surface area contributed by atoms with Crippen LogP contribution >= 0.6 is 0 Å². The molecule has 0 spiro atoms. The highest BCUT2D eigenvalue weighted by molar-refractivity contribution is 5.43. The van der Waals surface area contributed by atoms with Crippen LogP contribution in [0.4, 0.5) is 0 Å². The summed E-state index contributed by atoms with van der Waals surface area (Å²) in [5.74, 6) is 1.70. The predicted molar refractivity (Wildman–Crippen MR) is 97.4 cm³/mol. The maximum absolute atomic E-state index is 10.2. The molecule has 140 valence electrons. The Morgan fingerprint density at radius 2 is 1.77 bits per heavy atom. The molecule has 26 heavy (non-hydrogen) atoms. The highest BCUT2D eigenvalue weighted by Crippen LogP contribution is 2.31. The molecule has 7 heteroatoms. The van der Waals surface area contributed by atoms with E-state index < -0.39 is 0 Å². The first-order valence-corrected chi connectivity index (χ1v) is 9.25. The molecule has 0 aliphatic carbocycles. The second-order valence-corrected chi connectivity index (χ2v) is 6.94. The zero-order valence-corrected chi connectivity index (χ0v) is 15.0. The van der Waals surface area contributed by atoms with E-state index in [0.717, 1.165) is 44.2 Å². The third-order valence-corrected chi connectivity index (χ3v) is 4.90. The fourth-order valence-corrected chi connectivity index (χ4v) is 3.55. The highest BCUT2D eigenvalue weighted by Gasteiger charge is 2.20. The number of ether oxygens (including phenoxy) is 2. The van der Waals surface area contributed by atoms with E-state index in [1.165, 1.54) is 5.56 Å². The zero-order valence-electron chi connectivity index (χ0n) is 15.0. The van der Waals surface area contributed by atoms with Crippen LogP contribution in [0.1, 0.15) is 5.56 Å². The van der Waals surface area contributed by atoms with Crippen LogP contribution in [0, 0.1) is 0 Å². The van der Waals surface area contributed by atoms with Crippen LogP contribution in [-0.2, 0) is 13.1 Å². The molecule has 1 unspecified atom stereocenters. The number of benzene rings is 1. The SMILES string of the molecule is OC(CN1CCN(Cc2ccc3c(c2)OCCO3)CC1)Cn1cccn1. The van der Waals surface area contributed by atoms with Gasteiger partial charge in [-0.1, -0.05) is 6.07 Å². The van der Waals surface area contributed by atoms with Gasteiger partial charge >= 0.3 is 0 Å². The number of rotatable bonds is 6. The van der Waals surface area contributed by atoms with Crippen molar-refractivity contribution in [1.82, 2.24) is 19.6 Å². The van der Waals surface area contributed by atoms with Crippen LogP contribution in [0.3, 0.4) is 0 Å². The zero-order chi connectivity index (χ0) is 17.8. The van der Waals surface area contributed by atoms with Crippen molar-refractivity contribution in [2.75, 3.05) is 45.9 Å². The summed E-state index contributed by atoms with van der Waals surface area (Å²) >= 11 is 0. The first-order valence-electron chi connectivity index (χ1n) is 9.25. The monoisotopic (exact) mass is 358 g/mol. The maximum atomic E-state index is 10.2. The van der Waals surface area contributed by atoms with Gasteiger partial charge in [-0.15, -0.1) is 0 Å². The number of fused-ring (bicyclic) bond motifs is 1. The lowest BCUT2D eigenvalue weighted by Gasteiger charge is -2.35. The third-order valence-electron chi connectivity index (χ3n) is 4.90. The lowest BCUT2D eigenvalue weighted by Crippen LogP contribution is -2.48. The molecule has 7 nitrogen and oxygen atoms in total. The van der Waals surface area contributed by atoms with Crippen LogP contribution in [-0.4, -0.2) is 76.7 Å². The van der Waals surface area contributed by atoms with E-state index in [9.17, 15) is 5.11 Å². The molecule has 4 rings (SSSR count). The highest BCUT2D eigenvalue weighted by atomic mass is 16.6. The molecule has 1 saturated heterocycles. The summed E-state index contributed by atoms with van der Waals surface area (Å²) in [4.78, 5) is 4.77. The average Bonchev–Trinajstić information content (AvgIpc) is 3.16. The summed E-state index contributed by atoms with van der Waals surface area (Å²) in [7, 11) is 0. The fourth-order valence-electron chi connectivity index (χ4n) is 3.55. The van der Waals surface area contributed by atoms with E-state index in [4.69, 9.17) is 9.47 Å². The number of piperazine rings is 1. The summed E-state index contributed by atoms with van der Waals surface area (Å²) < 4.78 is 13.0. The van der Waals surface area contributed by atoms with Crippen LogP contribution < -0.4 is 9.47 Å². The maximum Gasteiger partial charge on any atom is 0.161 e. The average molecular weight is 358 g/mol. The van der Waals surface area contributed by atoms with Gasteiger partial charge in [-0.05, 0) is 23.8 Å². The van der Waals surface area contributed by atoms with Crippen molar-refractivity contribution in [2.24, 2.45) is 0 Å². The third kappa shape index (κ3) is 4.35. The number of hydrogen-bond donors (Lipinski definition) is 1. The van der Waals surface area contributed by atoms with E-state index >= 15 is 0 Å². The quantitative estimate of drug-likeness (QED) is 0.825. The number of β-amino-alcohol motifs (C(OH)–C–C–N with tert-alkyl or cyclic N) is 1. The van der Waals surface area contributed by atoms with Crippen molar-refractivity contribution >= 4 is 0 Å². The molecular weight excluding hydrogens is 332 g/mol. The van der Waals surface area contributed by atoms with Gasteiger partial charge in [-0.2, -0.15) is 5.10 Å². The van der Waals surface area contributed by atoms with E-state index in [1.54, 1.807) is 10.9 Å². The molecule has 0 amide bonds. The molecule has 3 heterocycles. The Kier molecular flexibility index (Phi) is 5.38. The van der Waals surface area contributed by atoms with Crippen LogP contribution in [0.5, 0.6) is 11.5 Å². The smallest absolute Gasteiger partial charge is 0.161 e. The molecule has 1 N–H and O–H groups in total.